The number of hydrogen-bond acceptors (Lipinski definition) is 4. The van der Waals surface area contributed by atoms with Crippen molar-refractivity contribution in [2.24, 2.45) is 23.5 Å². The molecule has 1 heterocycles. The van der Waals surface area contributed by atoms with Gasteiger partial charge in [0, 0.05) is 16.8 Å². The summed E-state index contributed by atoms with van der Waals surface area (Å²) in [6.07, 6.45) is 7.82. The number of anilines is 1. The summed E-state index contributed by atoms with van der Waals surface area (Å²) < 4.78 is 0. The van der Waals surface area contributed by atoms with E-state index in [0.29, 0.717) is 11.8 Å². The van der Waals surface area contributed by atoms with Crippen LogP contribution in [-0.2, 0) is 17.6 Å². The largest absolute Gasteiger partial charge is 0.327 e. The van der Waals surface area contributed by atoms with Crippen molar-refractivity contribution in [1.29, 1.82) is 0 Å². The zero-order valence-electron chi connectivity index (χ0n) is 12.0. The number of rotatable bonds is 4. The molecule has 1 aromatic rings. The van der Waals surface area contributed by atoms with Crippen molar-refractivity contribution in [2.45, 2.75) is 51.0 Å². The maximum absolute atomic E-state index is 12.5. The molecule has 3 aliphatic carbocycles. The van der Waals surface area contributed by atoms with Gasteiger partial charge in [-0.3, -0.25) is 4.79 Å². The van der Waals surface area contributed by atoms with Gasteiger partial charge in [-0.2, -0.15) is 0 Å². The van der Waals surface area contributed by atoms with Gasteiger partial charge in [0.05, 0.1) is 5.69 Å². The smallest absolute Gasteiger partial charge is 0.229 e. The highest BCUT2D eigenvalue weighted by Crippen LogP contribution is 2.49. The first-order valence-corrected chi connectivity index (χ1v) is 8.57. The fraction of sp³-hybridized carbons (Fsp3) is 0.733. The predicted octanol–water partition coefficient (Wildman–Crippen LogP) is 2.76. The van der Waals surface area contributed by atoms with Crippen molar-refractivity contribution in [3.05, 3.63) is 10.6 Å². The van der Waals surface area contributed by atoms with Crippen LogP contribution >= 0.6 is 23.7 Å². The van der Waals surface area contributed by atoms with Gasteiger partial charge in [0.2, 0.25) is 5.91 Å². The predicted molar refractivity (Wildman–Crippen MR) is 86.9 cm³/mol. The molecule has 0 aromatic carbocycles. The molecule has 6 heteroatoms. The van der Waals surface area contributed by atoms with Gasteiger partial charge in [-0.1, -0.05) is 0 Å². The van der Waals surface area contributed by atoms with Crippen LogP contribution in [0.5, 0.6) is 0 Å². The van der Waals surface area contributed by atoms with E-state index in [9.17, 15) is 4.79 Å². The Labute approximate surface area is 135 Å². The lowest BCUT2D eigenvalue weighted by molar-refractivity contribution is -0.121. The Kier molecular flexibility index (Phi) is 4.26. The van der Waals surface area contributed by atoms with E-state index in [2.05, 4.69) is 10.3 Å². The molecule has 116 valence electrons. The number of aromatic nitrogens is 1. The number of carbonyl (C=O) groups excluding carboxylic acids is 1. The molecule has 4 rings (SSSR count). The second-order valence-corrected chi connectivity index (χ2v) is 7.67. The van der Waals surface area contributed by atoms with Crippen molar-refractivity contribution in [3.63, 3.8) is 0 Å². The second-order valence-electron chi connectivity index (χ2n) is 6.58. The highest BCUT2D eigenvalue weighted by atomic mass is 35.5. The zero-order chi connectivity index (χ0) is 13.7. The first-order valence-electron chi connectivity index (χ1n) is 7.75. The Balaban J connectivity index is 0.00000132. The Morgan fingerprint density at radius 1 is 1.24 bits per heavy atom. The average molecular weight is 328 g/mol. The van der Waals surface area contributed by atoms with E-state index in [1.807, 2.05) is 0 Å². The van der Waals surface area contributed by atoms with Crippen LogP contribution in [-0.4, -0.2) is 16.9 Å². The van der Waals surface area contributed by atoms with Gasteiger partial charge in [-0.25, -0.2) is 4.98 Å². The van der Waals surface area contributed by atoms with Crippen molar-refractivity contribution in [2.75, 3.05) is 5.32 Å². The number of thiazole rings is 1. The number of aryl methyl sites for hydroxylation is 1. The van der Waals surface area contributed by atoms with Crippen LogP contribution in [0.1, 0.15) is 42.7 Å². The number of nitrogens with two attached hydrogens (primary N) is 1. The zero-order valence-corrected chi connectivity index (χ0v) is 13.6. The van der Waals surface area contributed by atoms with E-state index in [-0.39, 0.29) is 30.3 Å². The Morgan fingerprint density at radius 3 is 2.52 bits per heavy atom. The quantitative estimate of drug-likeness (QED) is 0.893. The molecule has 2 fully saturated rings. The molecule has 1 aromatic heterocycles. The van der Waals surface area contributed by atoms with E-state index in [1.54, 1.807) is 11.3 Å². The Bertz CT molecular complexity index is 527. The van der Waals surface area contributed by atoms with Gasteiger partial charge in [0.15, 0.2) is 5.13 Å². The summed E-state index contributed by atoms with van der Waals surface area (Å²) in [4.78, 5) is 18.4. The SMILES string of the molecule is Cl.N[C@H]1CCc2nc(NC(=O)C(C3CC3)C3CC3)sc2C1. The van der Waals surface area contributed by atoms with Crippen molar-refractivity contribution < 1.29 is 4.79 Å². The fourth-order valence-electron chi connectivity index (χ4n) is 3.37. The van der Waals surface area contributed by atoms with Gasteiger partial charge in [0.25, 0.3) is 0 Å². The lowest BCUT2D eigenvalue weighted by Crippen LogP contribution is -2.27. The number of carbonyl (C=O) groups is 1. The monoisotopic (exact) mass is 327 g/mol. The van der Waals surface area contributed by atoms with Crippen LogP contribution < -0.4 is 11.1 Å². The van der Waals surface area contributed by atoms with Gasteiger partial charge < -0.3 is 11.1 Å². The average Bonchev–Trinajstić information content (AvgIpc) is 3.30. The maximum atomic E-state index is 12.5. The summed E-state index contributed by atoms with van der Waals surface area (Å²) in [5, 5.41) is 3.88. The molecule has 2 saturated carbocycles. The van der Waals surface area contributed by atoms with Crippen LogP contribution in [0.15, 0.2) is 0 Å². The van der Waals surface area contributed by atoms with Crippen LogP contribution in [0.3, 0.4) is 0 Å². The number of amides is 1. The highest BCUT2D eigenvalue weighted by Gasteiger charge is 2.45. The van der Waals surface area contributed by atoms with Gasteiger partial charge >= 0.3 is 0 Å². The minimum absolute atomic E-state index is 0. The first kappa shape index (κ1) is 15.3. The third kappa shape index (κ3) is 3.25. The van der Waals surface area contributed by atoms with E-state index in [4.69, 9.17) is 5.73 Å². The standard InChI is InChI=1S/C15H21N3OS.ClH/c16-10-5-6-11-12(7-10)20-15(17-11)18-14(19)13(8-1-2-8)9-3-4-9;/h8-10,13H,1-7,16H2,(H,17,18,19);1H/t10-;/m0./s1. The maximum Gasteiger partial charge on any atom is 0.229 e. The number of fused-ring (bicyclic) bond motifs is 1. The highest BCUT2D eigenvalue weighted by molar-refractivity contribution is 7.15. The number of halogens is 1. The topological polar surface area (TPSA) is 68.0 Å². The fourth-order valence-corrected chi connectivity index (χ4v) is 4.47. The summed E-state index contributed by atoms with van der Waals surface area (Å²) in [5.41, 5.74) is 7.15. The summed E-state index contributed by atoms with van der Waals surface area (Å²) in [5.74, 6) is 1.75. The third-order valence-corrected chi connectivity index (χ3v) is 5.81. The second kappa shape index (κ2) is 5.86. The molecule has 0 radical (unpaired) electrons. The normalized spacial score (nSPS) is 24.4. The summed E-state index contributed by atoms with van der Waals surface area (Å²) in [7, 11) is 0. The van der Waals surface area contributed by atoms with Gasteiger partial charge in [-0.15, -0.1) is 23.7 Å². The molecule has 3 aliphatic rings. The van der Waals surface area contributed by atoms with E-state index in [0.717, 1.165) is 30.1 Å². The molecule has 4 nitrogen and oxygen atoms in total. The molecule has 0 spiro atoms. The number of nitrogens with zero attached hydrogens (tertiary/aromatic N) is 1. The van der Waals surface area contributed by atoms with Crippen molar-refractivity contribution in [3.8, 4) is 0 Å². The van der Waals surface area contributed by atoms with Gasteiger partial charge in [0.1, 0.15) is 0 Å². The first-order chi connectivity index (χ1) is 9.70. The molecular weight excluding hydrogens is 306 g/mol. The molecule has 0 unspecified atom stereocenters. The molecule has 0 saturated heterocycles. The van der Waals surface area contributed by atoms with Crippen LogP contribution in [0.4, 0.5) is 5.13 Å². The van der Waals surface area contributed by atoms with Crippen LogP contribution in [0.25, 0.3) is 0 Å². The summed E-state index contributed by atoms with van der Waals surface area (Å²) >= 11 is 1.63. The van der Waals surface area contributed by atoms with Gasteiger partial charge in [-0.05, 0) is 56.8 Å². The lowest BCUT2D eigenvalue weighted by Gasteiger charge is -2.15. The molecular formula is C15H22ClN3OS. The minimum Gasteiger partial charge on any atom is -0.327 e. The molecule has 3 N–H and O–H groups in total. The lowest BCUT2D eigenvalue weighted by atomic mass is 9.97. The van der Waals surface area contributed by atoms with Crippen LogP contribution in [0, 0.1) is 17.8 Å². The third-order valence-electron chi connectivity index (χ3n) is 4.77. The Hall–Kier alpha value is -0.650. The summed E-state index contributed by atoms with van der Waals surface area (Å²) in [6.45, 7) is 0. The summed E-state index contributed by atoms with van der Waals surface area (Å²) in [6, 6.07) is 0.261. The molecule has 0 bridgehead atoms. The Morgan fingerprint density at radius 2 is 1.90 bits per heavy atom. The molecule has 1 atom stereocenters. The minimum atomic E-state index is 0. The van der Waals surface area contributed by atoms with Crippen molar-refractivity contribution >= 4 is 34.8 Å². The van der Waals surface area contributed by atoms with Crippen LogP contribution in [0.2, 0.25) is 0 Å². The number of hydrogen-bond donors (Lipinski definition) is 2. The van der Waals surface area contributed by atoms with E-state index < -0.39 is 0 Å². The van der Waals surface area contributed by atoms with E-state index >= 15 is 0 Å². The van der Waals surface area contributed by atoms with Crippen molar-refractivity contribution in [1.82, 2.24) is 4.98 Å². The van der Waals surface area contributed by atoms with E-state index in [1.165, 1.54) is 30.6 Å². The molecule has 0 aliphatic heterocycles. The molecule has 21 heavy (non-hydrogen) atoms. The number of nitrogens with one attached hydrogen (secondary N) is 1. The molecule has 1 amide bonds.